The van der Waals surface area contributed by atoms with E-state index in [4.69, 9.17) is 0 Å². The van der Waals surface area contributed by atoms with Gasteiger partial charge >= 0.3 is 6.18 Å². The van der Waals surface area contributed by atoms with Gasteiger partial charge in [0, 0.05) is 43.2 Å². The molecule has 1 aliphatic rings. The van der Waals surface area contributed by atoms with Gasteiger partial charge in [-0.2, -0.15) is 13.2 Å². The van der Waals surface area contributed by atoms with Gasteiger partial charge in [-0.3, -0.25) is 9.78 Å². The van der Waals surface area contributed by atoms with Gasteiger partial charge in [0.05, 0.1) is 6.42 Å². The Kier molecular flexibility index (Phi) is 4.26. The van der Waals surface area contributed by atoms with Gasteiger partial charge in [0.2, 0.25) is 0 Å². The van der Waals surface area contributed by atoms with Gasteiger partial charge in [0.25, 0.3) is 0 Å². The lowest BCUT2D eigenvalue weighted by molar-refractivity contribution is -0.127. The molecule has 0 aliphatic carbocycles. The van der Waals surface area contributed by atoms with Crippen molar-refractivity contribution in [2.75, 3.05) is 11.4 Å². The minimum Gasteiger partial charge on any atom is -0.352 e. The van der Waals surface area contributed by atoms with Crippen molar-refractivity contribution in [3.05, 3.63) is 52.5 Å². The van der Waals surface area contributed by atoms with Gasteiger partial charge in [-0.15, -0.1) is 0 Å². The zero-order valence-corrected chi connectivity index (χ0v) is 13.1. The quantitative estimate of drug-likeness (QED) is 0.808. The molecule has 0 saturated heterocycles. The number of alkyl halides is 3. The van der Waals surface area contributed by atoms with Crippen molar-refractivity contribution in [1.82, 2.24) is 9.97 Å². The van der Waals surface area contributed by atoms with Crippen LogP contribution in [0.1, 0.15) is 32.7 Å². The van der Waals surface area contributed by atoms with E-state index < -0.39 is 12.6 Å². The number of aldehydes is 1. The Morgan fingerprint density at radius 3 is 2.71 bits per heavy atom. The van der Waals surface area contributed by atoms with Gasteiger partial charge < -0.3 is 4.90 Å². The molecule has 0 spiro atoms. The summed E-state index contributed by atoms with van der Waals surface area (Å²) in [6.45, 7) is 3.01. The molecule has 0 saturated carbocycles. The van der Waals surface area contributed by atoms with Crippen molar-refractivity contribution in [1.29, 1.82) is 0 Å². The Bertz CT molecular complexity index is 774. The molecule has 24 heavy (non-hydrogen) atoms. The van der Waals surface area contributed by atoms with Gasteiger partial charge in [-0.05, 0) is 29.7 Å². The average Bonchev–Trinajstić information content (AvgIpc) is 2.52. The predicted molar refractivity (Wildman–Crippen MR) is 83.1 cm³/mol. The number of hydrogen-bond acceptors (Lipinski definition) is 4. The number of carbonyl (C=O) groups is 1. The van der Waals surface area contributed by atoms with Crippen molar-refractivity contribution in [3.63, 3.8) is 0 Å². The van der Waals surface area contributed by atoms with Crippen LogP contribution >= 0.6 is 0 Å². The SMILES string of the molecule is Cc1cc(C=O)cnc1N1CCc2ncc(CC(F)(F)F)cc2C1. The van der Waals surface area contributed by atoms with Crippen molar-refractivity contribution in [2.24, 2.45) is 0 Å². The Labute approximate surface area is 137 Å². The van der Waals surface area contributed by atoms with Crippen LogP contribution < -0.4 is 4.90 Å². The highest BCUT2D eigenvalue weighted by molar-refractivity contribution is 5.75. The second kappa shape index (κ2) is 6.22. The van der Waals surface area contributed by atoms with E-state index in [1.807, 2.05) is 11.8 Å². The summed E-state index contributed by atoms with van der Waals surface area (Å²) >= 11 is 0. The molecule has 2 aromatic heterocycles. The highest BCUT2D eigenvalue weighted by Crippen LogP contribution is 2.27. The first kappa shape index (κ1) is 16.4. The molecule has 3 heterocycles. The molecule has 1 aliphatic heterocycles. The van der Waals surface area contributed by atoms with Crippen LogP contribution in [0.4, 0.5) is 19.0 Å². The topological polar surface area (TPSA) is 46.1 Å². The van der Waals surface area contributed by atoms with Crippen LogP contribution in [0, 0.1) is 6.92 Å². The zero-order valence-electron chi connectivity index (χ0n) is 13.1. The third kappa shape index (κ3) is 3.55. The molecule has 0 fully saturated rings. The smallest absolute Gasteiger partial charge is 0.352 e. The molecule has 0 amide bonds. The third-order valence-corrected chi connectivity index (χ3v) is 4.01. The molecular formula is C17H16F3N3O. The number of pyridine rings is 2. The van der Waals surface area contributed by atoms with Crippen LogP contribution in [-0.2, 0) is 19.4 Å². The molecule has 0 bridgehead atoms. The summed E-state index contributed by atoms with van der Waals surface area (Å²) in [5, 5.41) is 0. The van der Waals surface area contributed by atoms with Crippen molar-refractivity contribution in [2.45, 2.75) is 32.5 Å². The van der Waals surface area contributed by atoms with Crippen LogP contribution in [0.2, 0.25) is 0 Å². The van der Waals surface area contributed by atoms with Gasteiger partial charge in [0.15, 0.2) is 6.29 Å². The summed E-state index contributed by atoms with van der Waals surface area (Å²) < 4.78 is 37.7. The van der Waals surface area contributed by atoms with Crippen molar-refractivity contribution < 1.29 is 18.0 Å². The van der Waals surface area contributed by atoms with E-state index in [9.17, 15) is 18.0 Å². The fraction of sp³-hybridized carbons (Fsp3) is 0.353. The first-order valence-electron chi connectivity index (χ1n) is 7.56. The van der Waals surface area contributed by atoms with Crippen molar-refractivity contribution in [3.8, 4) is 0 Å². The van der Waals surface area contributed by atoms with Gasteiger partial charge in [-0.25, -0.2) is 4.98 Å². The van der Waals surface area contributed by atoms with Crippen LogP contribution in [0.25, 0.3) is 0 Å². The maximum Gasteiger partial charge on any atom is 0.393 e. The molecular weight excluding hydrogens is 319 g/mol. The molecule has 0 radical (unpaired) electrons. The Morgan fingerprint density at radius 1 is 1.25 bits per heavy atom. The summed E-state index contributed by atoms with van der Waals surface area (Å²) in [4.78, 5) is 21.3. The van der Waals surface area contributed by atoms with Crippen LogP contribution in [0.15, 0.2) is 24.5 Å². The minimum atomic E-state index is -4.24. The summed E-state index contributed by atoms with van der Waals surface area (Å²) in [5.74, 6) is 0.743. The van der Waals surface area contributed by atoms with E-state index in [0.29, 0.717) is 25.1 Å². The van der Waals surface area contributed by atoms with Gasteiger partial charge in [-0.1, -0.05) is 6.07 Å². The van der Waals surface area contributed by atoms with Crippen LogP contribution in [0.3, 0.4) is 0 Å². The lowest BCUT2D eigenvalue weighted by atomic mass is 10.0. The molecule has 7 heteroatoms. The van der Waals surface area contributed by atoms with Crippen LogP contribution in [0.5, 0.6) is 0 Å². The van der Waals surface area contributed by atoms with E-state index >= 15 is 0 Å². The monoisotopic (exact) mass is 335 g/mol. The standard InChI is InChI=1S/C17H16F3N3O/c1-11-4-13(10-24)8-22-16(11)23-3-2-15-14(9-23)5-12(7-21-15)6-17(18,19)20/h4-5,7-8,10H,2-3,6,9H2,1H3. The maximum absolute atomic E-state index is 12.6. The first-order chi connectivity index (χ1) is 11.4. The summed E-state index contributed by atoms with van der Waals surface area (Å²) in [5.41, 5.74) is 3.16. The molecule has 0 unspecified atom stereocenters. The molecule has 4 nitrogen and oxygen atoms in total. The Balaban J connectivity index is 1.85. The summed E-state index contributed by atoms with van der Waals surface area (Å²) in [6.07, 6.45) is -1.01. The number of fused-ring (bicyclic) bond motifs is 1. The van der Waals surface area contributed by atoms with E-state index in [2.05, 4.69) is 9.97 Å². The molecule has 3 rings (SSSR count). The zero-order chi connectivity index (χ0) is 17.3. The number of anilines is 1. The fourth-order valence-electron chi connectivity index (χ4n) is 2.97. The predicted octanol–water partition coefficient (Wildman–Crippen LogP) is 3.27. The first-order valence-corrected chi connectivity index (χ1v) is 7.56. The van der Waals surface area contributed by atoms with E-state index in [-0.39, 0.29) is 5.56 Å². The Hall–Kier alpha value is -2.44. The largest absolute Gasteiger partial charge is 0.393 e. The van der Waals surface area contributed by atoms with Crippen molar-refractivity contribution >= 4 is 12.1 Å². The molecule has 0 atom stereocenters. The molecule has 0 aromatic carbocycles. The molecule has 2 aromatic rings. The number of rotatable bonds is 3. The molecule has 126 valence electrons. The van der Waals surface area contributed by atoms with Gasteiger partial charge in [0.1, 0.15) is 5.82 Å². The van der Waals surface area contributed by atoms with Crippen LogP contribution in [-0.4, -0.2) is 29.0 Å². The number of aromatic nitrogens is 2. The lowest BCUT2D eigenvalue weighted by Gasteiger charge is -2.30. The minimum absolute atomic E-state index is 0.170. The number of halogens is 3. The number of hydrogen-bond donors (Lipinski definition) is 0. The highest BCUT2D eigenvalue weighted by atomic mass is 19.4. The number of nitrogens with zero attached hydrogens (tertiary/aromatic N) is 3. The summed E-state index contributed by atoms with van der Waals surface area (Å²) in [6, 6.07) is 3.33. The number of carbonyl (C=O) groups excluding carboxylic acids is 1. The highest BCUT2D eigenvalue weighted by Gasteiger charge is 2.29. The molecule has 0 N–H and O–H groups in total. The van der Waals surface area contributed by atoms with E-state index in [1.165, 1.54) is 12.4 Å². The van der Waals surface area contributed by atoms with E-state index in [0.717, 1.165) is 28.9 Å². The van der Waals surface area contributed by atoms with E-state index in [1.54, 1.807) is 12.1 Å². The lowest BCUT2D eigenvalue weighted by Crippen LogP contribution is -2.32. The second-order valence-corrected chi connectivity index (χ2v) is 5.94. The second-order valence-electron chi connectivity index (χ2n) is 5.94. The number of aryl methyl sites for hydroxylation is 1. The fourth-order valence-corrected chi connectivity index (χ4v) is 2.97. The maximum atomic E-state index is 12.6. The summed E-state index contributed by atoms with van der Waals surface area (Å²) in [7, 11) is 0. The normalized spacial score (nSPS) is 14.4. The third-order valence-electron chi connectivity index (χ3n) is 4.01. The Morgan fingerprint density at radius 2 is 2.04 bits per heavy atom. The average molecular weight is 335 g/mol.